The molecule has 0 spiro atoms. The van der Waals surface area contributed by atoms with E-state index < -0.39 is 0 Å². The van der Waals surface area contributed by atoms with Crippen LogP contribution >= 0.6 is 11.3 Å². The Morgan fingerprint density at radius 1 is 1.26 bits per heavy atom. The van der Waals surface area contributed by atoms with Crippen molar-refractivity contribution in [3.63, 3.8) is 0 Å². The van der Waals surface area contributed by atoms with Crippen molar-refractivity contribution in [2.45, 2.75) is 13.0 Å². The molecule has 4 aromatic heterocycles. The Morgan fingerprint density at radius 3 is 3.00 bits per heavy atom. The Bertz CT molecular complexity index is 1180. The minimum absolute atomic E-state index is 0.155. The van der Waals surface area contributed by atoms with Crippen molar-refractivity contribution in [3.05, 3.63) is 69.5 Å². The molecule has 9 heteroatoms. The van der Waals surface area contributed by atoms with E-state index >= 15 is 0 Å². The summed E-state index contributed by atoms with van der Waals surface area (Å²) in [6, 6.07) is 5.42. The first kappa shape index (κ1) is 15.9. The van der Waals surface area contributed by atoms with Crippen molar-refractivity contribution >= 4 is 22.2 Å². The SMILES string of the molecule is O=C(c1cn2ccsc2n1)N1CCc2c(nc(-c3ccccn3)[nH]c2=O)C1. The van der Waals surface area contributed by atoms with Crippen LogP contribution < -0.4 is 5.56 Å². The van der Waals surface area contributed by atoms with Crippen LogP contribution in [0.1, 0.15) is 21.7 Å². The number of thiazole rings is 1. The predicted molar refractivity (Wildman–Crippen MR) is 99.6 cm³/mol. The van der Waals surface area contributed by atoms with Gasteiger partial charge in [-0.05, 0) is 18.6 Å². The van der Waals surface area contributed by atoms with Gasteiger partial charge in [0.05, 0.1) is 12.2 Å². The molecule has 0 atom stereocenters. The molecule has 0 saturated carbocycles. The minimum atomic E-state index is -0.171. The van der Waals surface area contributed by atoms with Gasteiger partial charge < -0.3 is 9.88 Å². The summed E-state index contributed by atoms with van der Waals surface area (Å²) < 4.78 is 1.83. The number of carbonyl (C=O) groups is 1. The first-order valence-corrected chi connectivity index (χ1v) is 9.32. The molecule has 0 fully saturated rings. The zero-order chi connectivity index (χ0) is 18.4. The Balaban J connectivity index is 1.48. The summed E-state index contributed by atoms with van der Waals surface area (Å²) >= 11 is 1.48. The van der Waals surface area contributed by atoms with Crippen LogP contribution in [-0.2, 0) is 13.0 Å². The van der Waals surface area contributed by atoms with Crippen LogP contribution in [0.15, 0.2) is 47.0 Å². The molecule has 0 bridgehead atoms. The second-order valence-electron chi connectivity index (χ2n) is 6.25. The van der Waals surface area contributed by atoms with Gasteiger partial charge in [0.2, 0.25) is 0 Å². The number of aromatic nitrogens is 5. The second-order valence-corrected chi connectivity index (χ2v) is 7.12. The van der Waals surface area contributed by atoms with E-state index in [2.05, 4.69) is 19.9 Å². The molecule has 27 heavy (non-hydrogen) atoms. The molecular weight excluding hydrogens is 364 g/mol. The zero-order valence-electron chi connectivity index (χ0n) is 14.1. The second kappa shape index (κ2) is 6.13. The number of rotatable bonds is 2. The molecule has 0 aromatic carbocycles. The highest BCUT2D eigenvalue weighted by molar-refractivity contribution is 7.15. The summed E-state index contributed by atoms with van der Waals surface area (Å²) in [5.41, 5.74) is 2.06. The smallest absolute Gasteiger partial charge is 0.274 e. The molecule has 0 unspecified atom stereocenters. The average molecular weight is 378 g/mol. The van der Waals surface area contributed by atoms with E-state index in [-0.39, 0.29) is 18.0 Å². The van der Waals surface area contributed by atoms with Gasteiger partial charge in [-0.25, -0.2) is 9.97 Å². The lowest BCUT2D eigenvalue weighted by molar-refractivity contribution is 0.0726. The Hall–Kier alpha value is -3.33. The number of amides is 1. The summed E-state index contributed by atoms with van der Waals surface area (Å²) in [4.78, 5) is 43.7. The number of nitrogens with one attached hydrogen (secondary N) is 1. The van der Waals surface area contributed by atoms with Gasteiger partial charge in [0.15, 0.2) is 10.8 Å². The summed E-state index contributed by atoms with van der Waals surface area (Å²) in [6.07, 6.45) is 5.72. The zero-order valence-corrected chi connectivity index (χ0v) is 14.9. The van der Waals surface area contributed by atoms with Gasteiger partial charge in [-0.3, -0.25) is 19.0 Å². The fourth-order valence-corrected chi connectivity index (χ4v) is 3.93. The minimum Gasteiger partial charge on any atom is -0.331 e. The van der Waals surface area contributed by atoms with Crippen molar-refractivity contribution in [2.75, 3.05) is 6.54 Å². The predicted octanol–water partition coefficient (Wildman–Crippen LogP) is 1.74. The number of aromatic amines is 1. The highest BCUT2D eigenvalue weighted by Gasteiger charge is 2.27. The summed E-state index contributed by atoms with van der Waals surface area (Å²) in [6.45, 7) is 0.744. The average Bonchev–Trinajstić information content (AvgIpc) is 3.30. The topological polar surface area (TPSA) is 96.2 Å². The van der Waals surface area contributed by atoms with Crippen LogP contribution in [0.5, 0.6) is 0 Å². The van der Waals surface area contributed by atoms with Crippen LogP contribution in [0.3, 0.4) is 0 Å². The number of pyridine rings is 1. The highest BCUT2D eigenvalue weighted by atomic mass is 32.1. The molecule has 0 saturated heterocycles. The number of carbonyl (C=O) groups excluding carboxylic acids is 1. The molecular formula is C18H14N6O2S. The first-order chi connectivity index (χ1) is 13.2. The molecule has 1 N–H and O–H groups in total. The molecule has 8 nitrogen and oxygen atoms in total. The van der Waals surface area contributed by atoms with E-state index in [1.165, 1.54) is 11.3 Å². The Kier molecular flexibility index (Phi) is 3.61. The van der Waals surface area contributed by atoms with Gasteiger partial charge in [-0.15, -0.1) is 11.3 Å². The van der Waals surface area contributed by atoms with Gasteiger partial charge >= 0.3 is 0 Å². The number of nitrogens with zero attached hydrogens (tertiary/aromatic N) is 5. The van der Waals surface area contributed by atoms with E-state index in [0.717, 1.165) is 4.96 Å². The third-order valence-corrected chi connectivity index (χ3v) is 5.35. The molecule has 0 radical (unpaired) electrons. The number of fused-ring (bicyclic) bond motifs is 2. The lowest BCUT2D eigenvalue weighted by Crippen LogP contribution is -2.39. The van der Waals surface area contributed by atoms with E-state index in [1.807, 2.05) is 22.0 Å². The van der Waals surface area contributed by atoms with Gasteiger partial charge in [0.25, 0.3) is 11.5 Å². The van der Waals surface area contributed by atoms with Crippen molar-refractivity contribution < 1.29 is 4.79 Å². The molecule has 4 aromatic rings. The summed E-state index contributed by atoms with van der Waals surface area (Å²) in [5, 5.41) is 1.92. The van der Waals surface area contributed by atoms with Crippen LogP contribution in [0.4, 0.5) is 0 Å². The Morgan fingerprint density at radius 2 is 2.19 bits per heavy atom. The number of hydrogen-bond acceptors (Lipinski definition) is 6. The molecule has 5 heterocycles. The summed E-state index contributed by atoms with van der Waals surface area (Å²) in [5.74, 6) is 0.258. The molecule has 1 amide bonds. The number of imidazole rings is 1. The third-order valence-electron chi connectivity index (χ3n) is 4.58. The van der Waals surface area contributed by atoms with Crippen LogP contribution in [0.25, 0.3) is 16.5 Å². The van der Waals surface area contributed by atoms with Crippen molar-refractivity contribution in [3.8, 4) is 11.5 Å². The quantitative estimate of drug-likeness (QED) is 0.573. The molecule has 1 aliphatic rings. The van der Waals surface area contributed by atoms with Crippen molar-refractivity contribution in [1.82, 2.24) is 29.2 Å². The fourth-order valence-electron chi connectivity index (χ4n) is 3.23. The lowest BCUT2D eigenvalue weighted by atomic mass is 10.1. The number of H-pyrrole nitrogens is 1. The van der Waals surface area contributed by atoms with Gasteiger partial charge in [0.1, 0.15) is 11.4 Å². The summed E-state index contributed by atoms with van der Waals surface area (Å²) in [7, 11) is 0. The maximum Gasteiger partial charge on any atom is 0.274 e. The van der Waals surface area contributed by atoms with Crippen LogP contribution in [0, 0.1) is 0 Å². The van der Waals surface area contributed by atoms with Crippen molar-refractivity contribution in [2.24, 2.45) is 0 Å². The maximum absolute atomic E-state index is 12.8. The molecule has 134 valence electrons. The van der Waals surface area contributed by atoms with Crippen LogP contribution in [0.2, 0.25) is 0 Å². The molecule has 1 aliphatic heterocycles. The largest absolute Gasteiger partial charge is 0.331 e. The fraction of sp³-hybridized carbons (Fsp3) is 0.167. The van der Waals surface area contributed by atoms with E-state index in [9.17, 15) is 9.59 Å². The van der Waals surface area contributed by atoms with Gasteiger partial charge in [0, 0.05) is 36.1 Å². The van der Waals surface area contributed by atoms with Crippen LogP contribution in [-0.4, -0.2) is 41.7 Å². The normalized spacial score (nSPS) is 13.7. The number of hydrogen-bond donors (Lipinski definition) is 1. The molecule has 0 aliphatic carbocycles. The van der Waals surface area contributed by atoms with E-state index in [1.54, 1.807) is 29.4 Å². The monoisotopic (exact) mass is 378 g/mol. The Labute approximate surface area is 157 Å². The van der Waals surface area contributed by atoms with E-state index in [0.29, 0.717) is 41.4 Å². The van der Waals surface area contributed by atoms with E-state index in [4.69, 9.17) is 0 Å². The molecule has 5 rings (SSSR count). The van der Waals surface area contributed by atoms with Gasteiger partial charge in [-0.2, -0.15) is 0 Å². The highest BCUT2D eigenvalue weighted by Crippen LogP contribution is 2.20. The third kappa shape index (κ3) is 2.72. The standard InChI is InChI=1S/C18H14N6O2S/c25-16-11-4-6-23(17(26)14-10-24-7-8-27-18(24)21-14)9-13(11)20-15(22-16)12-3-1-2-5-19-12/h1-3,5,7-8,10H,4,6,9H2,(H,20,22,25). The lowest BCUT2D eigenvalue weighted by Gasteiger charge is -2.27. The van der Waals surface area contributed by atoms with Gasteiger partial charge in [-0.1, -0.05) is 6.07 Å². The van der Waals surface area contributed by atoms with Crippen molar-refractivity contribution in [1.29, 1.82) is 0 Å². The first-order valence-electron chi connectivity index (χ1n) is 8.44. The maximum atomic E-state index is 12.8.